The molecular weight excluding hydrogens is 166 g/mol. The SMILES string of the molecule is NC[C@]1(O)C[C@@H]2O[C@H]1C=C2Cl. The van der Waals surface area contributed by atoms with Crippen LogP contribution in [-0.4, -0.2) is 29.5 Å². The summed E-state index contributed by atoms with van der Waals surface area (Å²) in [5, 5.41) is 10.5. The van der Waals surface area contributed by atoms with E-state index in [2.05, 4.69) is 0 Å². The highest BCUT2D eigenvalue weighted by Crippen LogP contribution is 2.41. The maximum atomic E-state index is 9.75. The number of halogens is 1. The van der Waals surface area contributed by atoms with Gasteiger partial charge < -0.3 is 15.6 Å². The number of fused-ring (bicyclic) bond motifs is 2. The van der Waals surface area contributed by atoms with Crippen LogP contribution in [0.2, 0.25) is 0 Å². The standard InChI is InChI=1S/C7H10ClNO2/c8-4-1-6-7(10,3-9)2-5(4)11-6/h1,5-6,10H,2-3,9H2/t5-,6-,7+/m0/s1. The Bertz CT molecular complexity index is 218. The summed E-state index contributed by atoms with van der Waals surface area (Å²) in [4.78, 5) is 0. The van der Waals surface area contributed by atoms with Crippen LogP contribution in [0.15, 0.2) is 11.1 Å². The zero-order chi connectivity index (χ0) is 8.06. The van der Waals surface area contributed by atoms with Gasteiger partial charge in [0.1, 0.15) is 11.7 Å². The minimum absolute atomic E-state index is 0.116. The molecular formula is C7H10ClNO2. The van der Waals surface area contributed by atoms with Crippen molar-refractivity contribution in [1.82, 2.24) is 0 Å². The third-order valence-corrected chi connectivity index (χ3v) is 2.72. The molecule has 0 aliphatic carbocycles. The minimum Gasteiger partial charge on any atom is -0.385 e. The van der Waals surface area contributed by atoms with Gasteiger partial charge in [0, 0.05) is 18.0 Å². The summed E-state index contributed by atoms with van der Waals surface area (Å²) in [6.45, 7) is 0.231. The van der Waals surface area contributed by atoms with Crippen LogP contribution in [0.5, 0.6) is 0 Å². The van der Waals surface area contributed by atoms with Crippen LogP contribution in [0.3, 0.4) is 0 Å². The lowest BCUT2D eigenvalue weighted by Gasteiger charge is -2.25. The molecule has 0 aromatic heterocycles. The third kappa shape index (κ3) is 0.924. The molecule has 1 fully saturated rings. The lowest BCUT2D eigenvalue weighted by atomic mass is 9.89. The zero-order valence-corrected chi connectivity index (χ0v) is 6.71. The lowest BCUT2D eigenvalue weighted by molar-refractivity contribution is -0.00424. The molecule has 4 heteroatoms. The van der Waals surface area contributed by atoms with Crippen LogP contribution in [-0.2, 0) is 4.74 Å². The molecule has 2 heterocycles. The fraction of sp³-hybridized carbons (Fsp3) is 0.714. The van der Waals surface area contributed by atoms with Gasteiger partial charge in [-0.25, -0.2) is 0 Å². The van der Waals surface area contributed by atoms with Gasteiger partial charge in [-0.2, -0.15) is 0 Å². The van der Waals surface area contributed by atoms with Gasteiger partial charge in [-0.1, -0.05) is 11.6 Å². The Labute approximate surface area is 69.8 Å². The molecule has 3 nitrogen and oxygen atoms in total. The average molecular weight is 176 g/mol. The highest BCUT2D eigenvalue weighted by Gasteiger charge is 2.50. The maximum absolute atomic E-state index is 9.75. The Morgan fingerprint density at radius 2 is 2.64 bits per heavy atom. The Morgan fingerprint density at radius 1 is 1.91 bits per heavy atom. The molecule has 0 unspecified atom stereocenters. The van der Waals surface area contributed by atoms with Crippen molar-refractivity contribution in [3.63, 3.8) is 0 Å². The van der Waals surface area contributed by atoms with Crippen molar-refractivity contribution in [2.24, 2.45) is 5.73 Å². The van der Waals surface area contributed by atoms with Gasteiger partial charge in [0.15, 0.2) is 0 Å². The van der Waals surface area contributed by atoms with E-state index >= 15 is 0 Å². The first kappa shape index (κ1) is 7.55. The van der Waals surface area contributed by atoms with Crippen molar-refractivity contribution >= 4 is 11.6 Å². The van der Waals surface area contributed by atoms with Gasteiger partial charge in [-0.15, -0.1) is 0 Å². The van der Waals surface area contributed by atoms with Gasteiger partial charge in [-0.05, 0) is 6.08 Å². The molecule has 3 N–H and O–H groups in total. The molecule has 11 heavy (non-hydrogen) atoms. The maximum Gasteiger partial charge on any atom is 0.109 e. The van der Waals surface area contributed by atoms with Crippen molar-refractivity contribution in [2.75, 3.05) is 6.54 Å². The highest BCUT2D eigenvalue weighted by atomic mass is 35.5. The number of rotatable bonds is 1. The normalized spacial score (nSPS) is 48.1. The predicted octanol–water partition coefficient (Wildman–Crippen LogP) is -0.0300. The fourth-order valence-corrected chi connectivity index (χ4v) is 1.84. The monoisotopic (exact) mass is 175 g/mol. The largest absolute Gasteiger partial charge is 0.385 e. The molecule has 2 bridgehead atoms. The van der Waals surface area contributed by atoms with Crippen LogP contribution < -0.4 is 5.73 Å². The van der Waals surface area contributed by atoms with E-state index in [0.717, 1.165) is 0 Å². The molecule has 1 saturated heterocycles. The van der Waals surface area contributed by atoms with Gasteiger partial charge in [-0.3, -0.25) is 0 Å². The number of hydrogen-bond donors (Lipinski definition) is 2. The van der Waals surface area contributed by atoms with E-state index in [-0.39, 0.29) is 18.8 Å². The smallest absolute Gasteiger partial charge is 0.109 e. The molecule has 0 saturated carbocycles. The first-order chi connectivity index (χ1) is 5.15. The van der Waals surface area contributed by atoms with E-state index < -0.39 is 5.60 Å². The quantitative estimate of drug-likeness (QED) is 0.589. The molecule has 0 amide bonds. The first-order valence-corrected chi connectivity index (χ1v) is 3.98. The molecule has 0 aromatic carbocycles. The molecule has 2 rings (SSSR count). The number of aliphatic hydroxyl groups is 1. The highest BCUT2D eigenvalue weighted by molar-refractivity contribution is 6.30. The van der Waals surface area contributed by atoms with Crippen molar-refractivity contribution in [1.29, 1.82) is 0 Å². The summed E-state index contributed by atoms with van der Waals surface area (Å²) in [7, 11) is 0. The number of nitrogens with two attached hydrogens (primary N) is 1. The Balaban J connectivity index is 2.25. The second kappa shape index (κ2) is 2.20. The van der Waals surface area contributed by atoms with Gasteiger partial charge in [0.25, 0.3) is 0 Å². The van der Waals surface area contributed by atoms with E-state index in [0.29, 0.717) is 11.5 Å². The molecule has 0 aromatic rings. The van der Waals surface area contributed by atoms with Gasteiger partial charge in [0.05, 0.1) is 6.10 Å². The van der Waals surface area contributed by atoms with Crippen molar-refractivity contribution < 1.29 is 9.84 Å². The molecule has 3 atom stereocenters. The third-order valence-electron chi connectivity index (χ3n) is 2.35. The summed E-state index contributed by atoms with van der Waals surface area (Å²) >= 11 is 5.78. The van der Waals surface area contributed by atoms with Crippen LogP contribution in [0, 0.1) is 0 Å². The van der Waals surface area contributed by atoms with Gasteiger partial charge in [0.2, 0.25) is 0 Å². The van der Waals surface area contributed by atoms with E-state index in [1.165, 1.54) is 0 Å². The van der Waals surface area contributed by atoms with E-state index in [1.54, 1.807) is 6.08 Å². The summed E-state index contributed by atoms with van der Waals surface area (Å²) in [5.41, 5.74) is 4.53. The van der Waals surface area contributed by atoms with Gasteiger partial charge >= 0.3 is 0 Å². The van der Waals surface area contributed by atoms with Crippen LogP contribution in [0.25, 0.3) is 0 Å². The number of hydrogen-bond acceptors (Lipinski definition) is 3. The summed E-state index contributed by atoms with van der Waals surface area (Å²) in [6.07, 6.45) is 1.87. The molecule has 62 valence electrons. The molecule has 2 aliphatic heterocycles. The topological polar surface area (TPSA) is 55.5 Å². The Kier molecular flexibility index (Phi) is 1.51. The van der Waals surface area contributed by atoms with Crippen LogP contribution in [0.1, 0.15) is 6.42 Å². The Morgan fingerprint density at radius 3 is 3.00 bits per heavy atom. The summed E-state index contributed by atoms with van der Waals surface area (Å²) in [5.74, 6) is 0. The first-order valence-electron chi connectivity index (χ1n) is 3.61. The number of ether oxygens (including phenoxy) is 1. The fourth-order valence-electron chi connectivity index (χ4n) is 1.60. The van der Waals surface area contributed by atoms with E-state index in [1.807, 2.05) is 0 Å². The molecule has 0 spiro atoms. The van der Waals surface area contributed by atoms with E-state index in [4.69, 9.17) is 22.1 Å². The molecule has 0 radical (unpaired) electrons. The summed E-state index contributed by atoms with van der Waals surface area (Å²) < 4.78 is 5.34. The summed E-state index contributed by atoms with van der Waals surface area (Å²) in [6, 6.07) is 0. The minimum atomic E-state index is -0.872. The van der Waals surface area contributed by atoms with Crippen molar-refractivity contribution in [2.45, 2.75) is 24.2 Å². The predicted molar refractivity (Wildman–Crippen MR) is 41.2 cm³/mol. The zero-order valence-electron chi connectivity index (χ0n) is 5.96. The molecule has 2 aliphatic rings. The van der Waals surface area contributed by atoms with Crippen molar-refractivity contribution in [3.05, 3.63) is 11.1 Å². The Hall–Kier alpha value is -0.0900. The average Bonchev–Trinajstić information content (AvgIpc) is 2.45. The van der Waals surface area contributed by atoms with Crippen LogP contribution >= 0.6 is 11.6 Å². The van der Waals surface area contributed by atoms with E-state index in [9.17, 15) is 5.11 Å². The second-order valence-corrected chi connectivity index (χ2v) is 3.55. The lowest BCUT2D eigenvalue weighted by Crippen LogP contribution is -2.45. The van der Waals surface area contributed by atoms with Crippen molar-refractivity contribution in [3.8, 4) is 0 Å². The van der Waals surface area contributed by atoms with Crippen LogP contribution in [0.4, 0.5) is 0 Å². The second-order valence-electron chi connectivity index (χ2n) is 3.11.